The summed E-state index contributed by atoms with van der Waals surface area (Å²) in [6.07, 6.45) is 6.50. The van der Waals surface area contributed by atoms with Gasteiger partial charge in [-0.3, -0.25) is 0 Å². The molecule has 0 radical (unpaired) electrons. The van der Waals surface area contributed by atoms with E-state index in [9.17, 15) is 0 Å². The molecule has 1 aromatic heterocycles. The van der Waals surface area contributed by atoms with Crippen molar-refractivity contribution in [1.82, 2.24) is 0 Å². The summed E-state index contributed by atoms with van der Waals surface area (Å²) in [5.41, 5.74) is 21.4. The first kappa shape index (κ1) is 38.3. The molecule has 1 heterocycles. The van der Waals surface area contributed by atoms with Gasteiger partial charge in [0.15, 0.2) is 0 Å². The summed E-state index contributed by atoms with van der Waals surface area (Å²) in [5, 5.41) is 4.81. The van der Waals surface area contributed by atoms with Crippen molar-refractivity contribution in [2.75, 3.05) is 4.90 Å². The standard InChI is InChI=1S/C65H47NO/c1-3-16-42(17-4-1)45-32-35-56-57-37-34-49(41-63(57)67-62(56)39-45)66(47-23-13-22-46(38-47)51-28-15-21-44-20-14-27-50(64(44)51)43-18-5-2-6-19-43)48-33-36-55-54-26-9-12-31-60(54)65(61(55)40-48)58-29-10-7-24-52(58)53-25-8-11-30-59(53)65/h2,5-15,18-42H,1,3-4,16-17H2. The zero-order chi connectivity index (χ0) is 44.1. The number of fused-ring (bicyclic) bond motifs is 14. The molecule has 2 nitrogen and oxygen atoms in total. The molecule has 0 N–H and O–H groups in total. The molecule has 14 rings (SSSR count). The summed E-state index contributed by atoms with van der Waals surface area (Å²) >= 11 is 0. The van der Waals surface area contributed by atoms with E-state index in [1.165, 1.54) is 121 Å². The lowest BCUT2D eigenvalue weighted by atomic mass is 9.70. The average Bonchev–Trinajstić information content (AvgIpc) is 4.02. The summed E-state index contributed by atoms with van der Waals surface area (Å²) in [4.78, 5) is 2.45. The molecule has 10 aromatic carbocycles. The molecule has 1 spiro atoms. The van der Waals surface area contributed by atoms with Gasteiger partial charge in [-0.2, -0.15) is 0 Å². The van der Waals surface area contributed by atoms with Crippen LogP contribution in [0.5, 0.6) is 0 Å². The second kappa shape index (κ2) is 15.1. The zero-order valence-electron chi connectivity index (χ0n) is 37.3. The topological polar surface area (TPSA) is 16.4 Å². The van der Waals surface area contributed by atoms with E-state index >= 15 is 0 Å². The molecule has 2 heteroatoms. The normalized spacial score (nSPS) is 14.6. The second-order valence-corrected chi connectivity index (χ2v) is 19.0. The monoisotopic (exact) mass is 857 g/mol. The fourth-order valence-electron chi connectivity index (χ4n) is 12.5. The quantitative estimate of drug-likeness (QED) is 0.166. The predicted octanol–water partition coefficient (Wildman–Crippen LogP) is 17.9. The van der Waals surface area contributed by atoms with Crippen LogP contribution < -0.4 is 4.90 Å². The van der Waals surface area contributed by atoms with Gasteiger partial charge in [-0.15, -0.1) is 0 Å². The van der Waals surface area contributed by atoms with Crippen LogP contribution in [0.15, 0.2) is 223 Å². The molecule has 3 aliphatic rings. The SMILES string of the molecule is c1ccc(-c2cccc3cccc(-c4cccc(N(c5ccc6c(c5)C5(c7ccccc7-c7ccccc75)c5ccccc5-6)c5ccc6c(c5)oc5cc(C7CCCCC7)ccc56)c4)c23)cc1. The van der Waals surface area contributed by atoms with Crippen LogP contribution in [0.25, 0.3) is 77.2 Å². The van der Waals surface area contributed by atoms with E-state index in [0.717, 1.165) is 33.6 Å². The van der Waals surface area contributed by atoms with Gasteiger partial charge in [-0.05, 0) is 144 Å². The number of benzene rings is 10. The van der Waals surface area contributed by atoms with Crippen LogP contribution in [-0.2, 0) is 5.41 Å². The molecule has 0 atom stereocenters. The molecule has 0 amide bonds. The van der Waals surface area contributed by atoms with Crippen molar-refractivity contribution in [2.24, 2.45) is 0 Å². The molecule has 0 bridgehead atoms. The maximum Gasteiger partial charge on any atom is 0.137 e. The Morgan fingerprint density at radius 1 is 0.373 bits per heavy atom. The third-order valence-corrected chi connectivity index (χ3v) is 15.5. The lowest BCUT2D eigenvalue weighted by Gasteiger charge is -2.32. The summed E-state index contributed by atoms with van der Waals surface area (Å²) in [6, 6.07) is 81.6. The highest BCUT2D eigenvalue weighted by Crippen LogP contribution is 2.63. The largest absolute Gasteiger partial charge is 0.456 e. The Kier molecular flexibility index (Phi) is 8.61. The lowest BCUT2D eigenvalue weighted by Crippen LogP contribution is -2.26. The molecule has 1 saturated carbocycles. The van der Waals surface area contributed by atoms with Crippen molar-refractivity contribution in [3.63, 3.8) is 0 Å². The number of hydrogen-bond donors (Lipinski definition) is 0. The second-order valence-electron chi connectivity index (χ2n) is 19.0. The average molecular weight is 858 g/mol. The maximum absolute atomic E-state index is 6.89. The molecule has 67 heavy (non-hydrogen) atoms. The number of hydrogen-bond acceptors (Lipinski definition) is 2. The zero-order valence-corrected chi connectivity index (χ0v) is 37.3. The predicted molar refractivity (Wildman–Crippen MR) is 279 cm³/mol. The van der Waals surface area contributed by atoms with Crippen LogP contribution in [0.1, 0.15) is 65.8 Å². The fraction of sp³-hybridized carbons (Fsp3) is 0.108. The van der Waals surface area contributed by atoms with E-state index in [4.69, 9.17) is 4.42 Å². The van der Waals surface area contributed by atoms with Crippen LogP contribution in [0.2, 0.25) is 0 Å². The van der Waals surface area contributed by atoms with Crippen LogP contribution in [-0.4, -0.2) is 0 Å². The van der Waals surface area contributed by atoms with Crippen LogP contribution in [0.4, 0.5) is 17.1 Å². The Labute approximate surface area is 391 Å². The third kappa shape index (κ3) is 5.76. The first-order valence-corrected chi connectivity index (χ1v) is 24.1. The van der Waals surface area contributed by atoms with Gasteiger partial charge >= 0.3 is 0 Å². The first-order valence-electron chi connectivity index (χ1n) is 24.1. The van der Waals surface area contributed by atoms with E-state index in [1.54, 1.807) is 0 Å². The van der Waals surface area contributed by atoms with Gasteiger partial charge in [0.05, 0.1) is 5.41 Å². The van der Waals surface area contributed by atoms with E-state index in [2.05, 4.69) is 223 Å². The highest BCUT2D eigenvalue weighted by Gasteiger charge is 2.51. The Morgan fingerprint density at radius 2 is 0.896 bits per heavy atom. The van der Waals surface area contributed by atoms with Crippen molar-refractivity contribution >= 4 is 49.8 Å². The molecule has 0 saturated heterocycles. The summed E-state index contributed by atoms with van der Waals surface area (Å²) < 4.78 is 6.89. The molecular weight excluding hydrogens is 811 g/mol. The molecular formula is C65H47NO. The highest BCUT2D eigenvalue weighted by atomic mass is 16.3. The van der Waals surface area contributed by atoms with E-state index in [1.807, 2.05) is 0 Å². The molecule has 0 aliphatic heterocycles. The molecule has 11 aromatic rings. The van der Waals surface area contributed by atoms with Gasteiger partial charge in [0.1, 0.15) is 11.2 Å². The minimum absolute atomic E-state index is 0.460. The Hall–Kier alpha value is -7.94. The van der Waals surface area contributed by atoms with Crippen LogP contribution in [0, 0.1) is 0 Å². The third-order valence-electron chi connectivity index (χ3n) is 15.5. The number of nitrogens with zero attached hydrogens (tertiary/aromatic N) is 1. The molecule has 1 fully saturated rings. The summed E-state index contributed by atoms with van der Waals surface area (Å²) in [7, 11) is 0. The molecule has 318 valence electrons. The number of anilines is 3. The highest BCUT2D eigenvalue weighted by molar-refractivity contribution is 6.08. The van der Waals surface area contributed by atoms with Gasteiger partial charge in [0, 0.05) is 33.9 Å². The van der Waals surface area contributed by atoms with E-state index < -0.39 is 5.41 Å². The summed E-state index contributed by atoms with van der Waals surface area (Å²) in [6.45, 7) is 0. The number of rotatable bonds is 6. The van der Waals surface area contributed by atoms with Gasteiger partial charge < -0.3 is 9.32 Å². The van der Waals surface area contributed by atoms with E-state index in [-0.39, 0.29) is 0 Å². The number of furan rings is 1. The Morgan fingerprint density at radius 3 is 1.60 bits per heavy atom. The van der Waals surface area contributed by atoms with Gasteiger partial charge in [0.2, 0.25) is 0 Å². The van der Waals surface area contributed by atoms with Crippen molar-refractivity contribution in [3.8, 4) is 44.5 Å². The van der Waals surface area contributed by atoms with E-state index in [0.29, 0.717) is 5.92 Å². The lowest BCUT2D eigenvalue weighted by molar-refractivity contribution is 0.443. The Bertz CT molecular complexity index is 3690. The fourth-order valence-corrected chi connectivity index (χ4v) is 12.5. The molecule has 0 unspecified atom stereocenters. The first-order chi connectivity index (χ1) is 33.2. The van der Waals surface area contributed by atoms with Crippen molar-refractivity contribution < 1.29 is 4.42 Å². The van der Waals surface area contributed by atoms with Gasteiger partial charge in [-0.1, -0.05) is 189 Å². The smallest absolute Gasteiger partial charge is 0.137 e. The van der Waals surface area contributed by atoms with Gasteiger partial charge in [0.25, 0.3) is 0 Å². The minimum atomic E-state index is -0.460. The van der Waals surface area contributed by atoms with Crippen LogP contribution >= 0.6 is 0 Å². The maximum atomic E-state index is 6.89. The van der Waals surface area contributed by atoms with Crippen molar-refractivity contribution in [2.45, 2.75) is 43.4 Å². The van der Waals surface area contributed by atoms with Crippen molar-refractivity contribution in [3.05, 3.63) is 246 Å². The van der Waals surface area contributed by atoms with Crippen molar-refractivity contribution in [1.29, 1.82) is 0 Å². The summed E-state index contributed by atoms with van der Waals surface area (Å²) in [5.74, 6) is 0.614. The molecule has 3 aliphatic carbocycles. The Balaban J connectivity index is 0.989. The minimum Gasteiger partial charge on any atom is -0.456 e. The van der Waals surface area contributed by atoms with Crippen LogP contribution in [0.3, 0.4) is 0 Å². The van der Waals surface area contributed by atoms with Gasteiger partial charge in [-0.25, -0.2) is 0 Å².